The second kappa shape index (κ2) is 8.98. The molecule has 1 rings (SSSR count). The van der Waals surface area contributed by atoms with E-state index in [2.05, 4.69) is 6.92 Å². The van der Waals surface area contributed by atoms with Gasteiger partial charge in [0, 0.05) is 6.08 Å². The fraction of sp³-hybridized carbons (Fsp3) is 0.400. The van der Waals surface area contributed by atoms with E-state index in [1.54, 1.807) is 31.4 Å². The molecule has 0 saturated heterocycles. The number of rotatable bonds is 8. The highest BCUT2D eigenvalue weighted by Gasteiger charge is 2.05. The van der Waals surface area contributed by atoms with Crippen molar-refractivity contribution in [3.63, 3.8) is 0 Å². The zero-order chi connectivity index (χ0) is 14.8. The van der Waals surface area contributed by atoms with Gasteiger partial charge in [0.1, 0.15) is 0 Å². The van der Waals surface area contributed by atoms with Gasteiger partial charge in [-0.25, -0.2) is 5.48 Å². The minimum atomic E-state index is -0.578. The van der Waals surface area contributed by atoms with Gasteiger partial charge in [0.15, 0.2) is 11.5 Å². The number of benzene rings is 1. The van der Waals surface area contributed by atoms with Crippen molar-refractivity contribution in [3.8, 4) is 11.5 Å². The highest BCUT2D eigenvalue weighted by molar-refractivity contribution is 5.90. The summed E-state index contributed by atoms with van der Waals surface area (Å²) in [5, 5.41) is 8.42. The Morgan fingerprint density at radius 1 is 1.35 bits per heavy atom. The van der Waals surface area contributed by atoms with Gasteiger partial charge < -0.3 is 9.47 Å². The molecule has 5 nitrogen and oxygen atoms in total. The van der Waals surface area contributed by atoms with Crippen LogP contribution in [0.4, 0.5) is 0 Å². The molecule has 1 amide bonds. The van der Waals surface area contributed by atoms with E-state index < -0.39 is 5.91 Å². The highest BCUT2D eigenvalue weighted by atomic mass is 16.5. The molecule has 0 unspecified atom stereocenters. The third-order valence-electron chi connectivity index (χ3n) is 2.73. The molecule has 0 aromatic heterocycles. The van der Waals surface area contributed by atoms with Crippen molar-refractivity contribution in [2.24, 2.45) is 0 Å². The van der Waals surface area contributed by atoms with Crippen molar-refractivity contribution < 1.29 is 19.5 Å². The molecule has 20 heavy (non-hydrogen) atoms. The van der Waals surface area contributed by atoms with E-state index in [1.165, 1.54) is 11.6 Å². The molecule has 1 aromatic carbocycles. The van der Waals surface area contributed by atoms with E-state index in [0.29, 0.717) is 18.1 Å². The van der Waals surface area contributed by atoms with Crippen LogP contribution in [-0.2, 0) is 4.79 Å². The fourth-order valence-corrected chi connectivity index (χ4v) is 1.65. The number of unbranched alkanes of at least 4 members (excludes halogenated alkanes) is 2. The van der Waals surface area contributed by atoms with Gasteiger partial charge in [-0.05, 0) is 30.2 Å². The fourth-order valence-electron chi connectivity index (χ4n) is 1.65. The molecule has 0 radical (unpaired) electrons. The number of hydroxylamine groups is 1. The standard InChI is InChI=1S/C15H21NO4/c1-3-4-5-10-20-14-11-12(6-8-13(14)19-2)7-9-15(17)16-18/h6-9,11,18H,3-5,10H2,1-2H3,(H,16,17)/b9-7+. The number of ether oxygens (including phenoxy) is 2. The molecule has 0 bridgehead atoms. The summed E-state index contributed by atoms with van der Waals surface area (Å²) in [5.41, 5.74) is 2.33. The number of hydrogen-bond donors (Lipinski definition) is 2. The first kappa shape index (κ1) is 16.0. The van der Waals surface area contributed by atoms with Crippen LogP contribution in [0, 0.1) is 0 Å². The van der Waals surface area contributed by atoms with Crippen LogP contribution in [0.3, 0.4) is 0 Å². The van der Waals surface area contributed by atoms with Gasteiger partial charge in [-0.15, -0.1) is 0 Å². The highest BCUT2D eigenvalue weighted by Crippen LogP contribution is 2.28. The first-order chi connectivity index (χ1) is 9.71. The van der Waals surface area contributed by atoms with Crippen LogP contribution in [-0.4, -0.2) is 24.8 Å². The first-order valence-electron chi connectivity index (χ1n) is 6.64. The summed E-state index contributed by atoms with van der Waals surface area (Å²) < 4.78 is 10.9. The summed E-state index contributed by atoms with van der Waals surface area (Å²) in [6.07, 6.45) is 6.08. The third-order valence-corrected chi connectivity index (χ3v) is 2.73. The van der Waals surface area contributed by atoms with E-state index in [0.717, 1.165) is 24.8 Å². The predicted molar refractivity (Wildman–Crippen MR) is 77.0 cm³/mol. The van der Waals surface area contributed by atoms with Gasteiger partial charge in [-0.2, -0.15) is 0 Å². The lowest BCUT2D eigenvalue weighted by Gasteiger charge is -2.11. The largest absolute Gasteiger partial charge is 0.493 e. The van der Waals surface area contributed by atoms with Crippen molar-refractivity contribution in [3.05, 3.63) is 29.8 Å². The van der Waals surface area contributed by atoms with Crippen LogP contribution < -0.4 is 15.0 Å². The SMILES string of the molecule is CCCCCOc1cc(/C=C/C(=O)NO)ccc1OC. The summed E-state index contributed by atoms with van der Waals surface area (Å²) in [6.45, 7) is 2.77. The van der Waals surface area contributed by atoms with Crippen molar-refractivity contribution >= 4 is 12.0 Å². The van der Waals surface area contributed by atoms with Crippen LogP contribution in [0.2, 0.25) is 0 Å². The molecule has 2 N–H and O–H groups in total. The van der Waals surface area contributed by atoms with Crippen LogP contribution in [0.25, 0.3) is 6.08 Å². The summed E-state index contributed by atoms with van der Waals surface area (Å²) in [5.74, 6) is 0.728. The predicted octanol–water partition coefficient (Wildman–Crippen LogP) is 2.78. The number of hydrogen-bond acceptors (Lipinski definition) is 4. The van der Waals surface area contributed by atoms with Gasteiger partial charge in [0.05, 0.1) is 13.7 Å². The second-order valence-corrected chi connectivity index (χ2v) is 4.28. The maximum absolute atomic E-state index is 10.9. The van der Waals surface area contributed by atoms with E-state index in [9.17, 15) is 4.79 Å². The molecule has 0 aliphatic rings. The van der Waals surface area contributed by atoms with Crippen LogP contribution in [0.1, 0.15) is 31.7 Å². The Kier molecular flexibility index (Phi) is 7.21. The second-order valence-electron chi connectivity index (χ2n) is 4.28. The molecule has 110 valence electrons. The number of methoxy groups -OCH3 is 1. The van der Waals surface area contributed by atoms with Crippen LogP contribution in [0.15, 0.2) is 24.3 Å². The Morgan fingerprint density at radius 3 is 2.80 bits per heavy atom. The topological polar surface area (TPSA) is 67.8 Å². The van der Waals surface area contributed by atoms with Gasteiger partial charge in [-0.1, -0.05) is 25.8 Å². The number of amides is 1. The zero-order valence-corrected chi connectivity index (χ0v) is 11.9. The van der Waals surface area contributed by atoms with Crippen molar-refractivity contribution in [2.45, 2.75) is 26.2 Å². The van der Waals surface area contributed by atoms with Crippen molar-refractivity contribution in [1.29, 1.82) is 0 Å². The van der Waals surface area contributed by atoms with Gasteiger partial charge in [-0.3, -0.25) is 10.0 Å². The van der Waals surface area contributed by atoms with Crippen LogP contribution in [0.5, 0.6) is 11.5 Å². The van der Waals surface area contributed by atoms with Crippen molar-refractivity contribution in [2.75, 3.05) is 13.7 Å². The van der Waals surface area contributed by atoms with Crippen molar-refractivity contribution in [1.82, 2.24) is 5.48 Å². The summed E-state index contributed by atoms with van der Waals surface area (Å²) in [7, 11) is 1.59. The Balaban J connectivity index is 2.74. The number of carbonyl (C=O) groups excluding carboxylic acids is 1. The molecule has 5 heteroatoms. The lowest BCUT2D eigenvalue weighted by atomic mass is 10.2. The molecule has 0 aliphatic carbocycles. The molecule has 0 aliphatic heterocycles. The Morgan fingerprint density at radius 2 is 2.15 bits per heavy atom. The minimum absolute atomic E-state index is 0.578. The summed E-state index contributed by atoms with van der Waals surface area (Å²) >= 11 is 0. The smallest absolute Gasteiger partial charge is 0.267 e. The molecule has 1 aromatic rings. The van der Waals surface area contributed by atoms with E-state index in [-0.39, 0.29) is 0 Å². The molecule has 0 saturated carbocycles. The Bertz CT molecular complexity index is 457. The first-order valence-corrected chi connectivity index (χ1v) is 6.64. The lowest BCUT2D eigenvalue weighted by molar-refractivity contribution is -0.124. The van der Waals surface area contributed by atoms with E-state index >= 15 is 0 Å². The van der Waals surface area contributed by atoms with E-state index in [1.807, 2.05) is 0 Å². The third kappa shape index (κ3) is 5.32. The quantitative estimate of drug-likeness (QED) is 0.332. The monoisotopic (exact) mass is 279 g/mol. The van der Waals surface area contributed by atoms with E-state index in [4.69, 9.17) is 14.7 Å². The molecule has 0 atom stereocenters. The number of nitrogens with one attached hydrogen (secondary N) is 1. The average molecular weight is 279 g/mol. The molecule has 0 spiro atoms. The zero-order valence-electron chi connectivity index (χ0n) is 11.9. The Labute approximate surface area is 119 Å². The average Bonchev–Trinajstić information content (AvgIpc) is 2.49. The van der Waals surface area contributed by atoms with Gasteiger partial charge in [0.2, 0.25) is 0 Å². The molecule has 0 heterocycles. The summed E-state index contributed by atoms with van der Waals surface area (Å²) in [4.78, 5) is 10.9. The summed E-state index contributed by atoms with van der Waals surface area (Å²) in [6, 6.07) is 5.39. The number of carbonyl (C=O) groups is 1. The maximum Gasteiger partial charge on any atom is 0.267 e. The normalized spacial score (nSPS) is 10.6. The maximum atomic E-state index is 10.9. The van der Waals surface area contributed by atoms with Gasteiger partial charge >= 0.3 is 0 Å². The molecule has 0 fully saturated rings. The minimum Gasteiger partial charge on any atom is -0.493 e. The lowest BCUT2D eigenvalue weighted by Crippen LogP contribution is -2.14. The van der Waals surface area contributed by atoms with Crippen LogP contribution >= 0.6 is 0 Å². The molecular weight excluding hydrogens is 258 g/mol. The molecular formula is C15H21NO4. The Hall–Kier alpha value is -2.01. The van der Waals surface area contributed by atoms with Gasteiger partial charge in [0.25, 0.3) is 5.91 Å².